The van der Waals surface area contributed by atoms with E-state index < -0.39 is 0 Å². The maximum absolute atomic E-state index is 12.0. The SMILES string of the molecule is Cc1ccc(C(=O)NCCCN(C)Cc2ccccc2)cc1. The van der Waals surface area contributed by atoms with Crippen LogP contribution in [0.15, 0.2) is 54.6 Å². The molecule has 0 aromatic heterocycles. The van der Waals surface area contributed by atoms with Gasteiger partial charge in [0.2, 0.25) is 0 Å². The maximum atomic E-state index is 12.0. The molecule has 1 amide bonds. The van der Waals surface area contributed by atoms with Crippen molar-refractivity contribution in [2.24, 2.45) is 0 Å². The van der Waals surface area contributed by atoms with Crippen LogP contribution in [0.5, 0.6) is 0 Å². The lowest BCUT2D eigenvalue weighted by molar-refractivity contribution is 0.0952. The average Bonchev–Trinajstić information content (AvgIpc) is 2.53. The molecular weight excluding hydrogens is 272 g/mol. The van der Waals surface area contributed by atoms with Crippen molar-refractivity contribution in [3.05, 3.63) is 71.3 Å². The molecule has 2 aromatic carbocycles. The number of nitrogens with one attached hydrogen (secondary N) is 1. The summed E-state index contributed by atoms with van der Waals surface area (Å²) in [6.45, 7) is 4.62. The predicted molar refractivity (Wildman–Crippen MR) is 90.9 cm³/mol. The van der Waals surface area contributed by atoms with Crippen LogP contribution in [0.2, 0.25) is 0 Å². The molecule has 0 saturated carbocycles. The van der Waals surface area contributed by atoms with Gasteiger partial charge in [-0.25, -0.2) is 0 Å². The number of amides is 1. The topological polar surface area (TPSA) is 32.3 Å². The van der Waals surface area contributed by atoms with E-state index in [1.54, 1.807) is 0 Å². The molecule has 0 aliphatic heterocycles. The third-order valence-electron chi connectivity index (χ3n) is 3.61. The molecule has 2 aromatic rings. The molecule has 3 nitrogen and oxygen atoms in total. The molecule has 0 radical (unpaired) electrons. The molecule has 0 unspecified atom stereocenters. The lowest BCUT2D eigenvalue weighted by atomic mass is 10.1. The average molecular weight is 296 g/mol. The van der Waals surface area contributed by atoms with E-state index in [-0.39, 0.29) is 5.91 Å². The Morgan fingerprint density at radius 2 is 1.73 bits per heavy atom. The molecule has 2 rings (SSSR count). The molecule has 3 heteroatoms. The summed E-state index contributed by atoms with van der Waals surface area (Å²) in [6.07, 6.45) is 0.945. The van der Waals surface area contributed by atoms with Gasteiger partial charge in [0.25, 0.3) is 5.91 Å². The zero-order valence-electron chi connectivity index (χ0n) is 13.4. The summed E-state index contributed by atoms with van der Waals surface area (Å²) >= 11 is 0. The summed E-state index contributed by atoms with van der Waals surface area (Å²) in [5, 5.41) is 2.97. The highest BCUT2D eigenvalue weighted by Crippen LogP contribution is 2.04. The van der Waals surface area contributed by atoms with Gasteiger partial charge >= 0.3 is 0 Å². The van der Waals surface area contributed by atoms with Crippen molar-refractivity contribution in [1.29, 1.82) is 0 Å². The van der Waals surface area contributed by atoms with Crippen molar-refractivity contribution >= 4 is 5.91 Å². The Labute approximate surface area is 133 Å². The van der Waals surface area contributed by atoms with Gasteiger partial charge in [-0.1, -0.05) is 48.0 Å². The molecular formula is C19H24N2O. The van der Waals surface area contributed by atoms with Crippen LogP contribution in [0.4, 0.5) is 0 Å². The number of carbonyl (C=O) groups excluding carboxylic acids is 1. The van der Waals surface area contributed by atoms with E-state index in [0.29, 0.717) is 6.54 Å². The van der Waals surface area contributed by atoms with Crippen molar-refractivity contribution in [3.8, 4) is 0 Å². The van der Waals surface area contributed by atoms with Crippen molar-refractivity contribution in [1.82, 2.24) is 10.2 Å². The number of hydrogen-bond donors (Lipinski definition) is 1. The fourth-order valence-electron chi connectivity index (χ4n) is 2.33. The second-order valence-electron chi connectivity index (χ2n) is 5.70. The number of hydrogen-bond acceptors (Lipinski definition) is 2. The van der Waals surface area contributed by atoms with Crippen molar-refractivity contribution in [3.63, 3.8) is 0 Å². The third-order valence-corrected chi connectivity index (χ3v) is 3.61. The molecule has 116 valence electrons. The van der Waals surface area contributed by atoms with Gasteiger partial charge in [0.05, 0.1) is 0 Å². The van der Waals surface area contributed by atoms with Gasteiger partial charge < -0.3 is 10.2 Å². The predicted octanol–water partition coefficient (Wildman–Crippen LogP) is 3.25. The molecule has 0 bridgehead atoms. The van der Waals surface area contributed by atoms with Gasteiger partial charge in [-0.2, -0.15) is 0 Å². The van der Waals surface area contributed by atoms with E-state index in [4.69, 9.17) is 0 Å². The van der Waals surface area contributed by atoms with Crippen molar-refractivity contribution in [2.45, 2.75) is 19.9 Å². The first-order chi connectivity index (χ1) is 10.6. The fourth-order valence-corrected chi connectivity index (χ4v) is 2.33. The summed E-state index contributed by atoms with van der Waals surface area (Å²) in [7, 11) is 2.11. The molecule has 0 fully saturated rings. The first-order valence-corrected chi connectivity index (χ1v) is 7.72. The highest BCUT2D eigenvalue weighted by molar-refractivity contribution is 5.94. The molecule has 0 atom stereocenters. The number of rotatable bonds is 7. The summed E-state index contributed by atoms with van der Waals surface area (Å²) in [5.41, 5.74) is 3.20. The molecule has 0 heterocycles. The molecule has 0 spiro atoms. The standard InChI is InChI=1S/C19H24N2O/c1-16-9-11-18(12-10-16)19(22)20-13-6-14-21(2)15-17-7-4-3-5-8-17/h3-5,7-12H,6,13-15H2,1-2H3,(H,20,22). The van der Waals surface area contributed by atoms with Crippen LogP contribution in [-0.4, -0.2) is 30.9 Å². The van der Waals surface area contributed by atoms with Gasteiger partial charge in [0.15, 0.2) is 0 Å². The minimum absolute atomic E-state index is 0.00529. The number of nitrogens with zero attached hydrogens (tertiary/aromatic N) is 1. The number of benzene rings is 2. The summed E-state index contributed by atoms with van der Waals surface area (Å²) in [5.74, 6) is 0.00529. The van der Waals surface area contributed by atoms with E-state index in [0.717, 1.165) is 25.1 Å². The van der Waals surface area contributed by atoms with Crippen molar-refractivity contribution < 1.29 is 4.79 Å². The van der Waals surface area contributed by atoms with Crippen LogP contribution in [-0.2, 0) is 6.54 Å². The first kappa shape index (κ1) is 16.2. The number of carbonyl (C=O) groups is 1. The Bertz CT molecular complexity index is 578. The highest BCUT2D eigenvalue weighted by Gasteiger charge is 2.04. The number of aryl methyl sites for hydroxylation is 1. The van der Waals surface area contributed by atoms with Gasteiger partial charge in [0.1, 0.15) is 0 Å². The highest BCUT2D eigenvalue weighted by atomic mass is 16.1. The van der Waals surface area contributed by atoms with E-state index in [1.807, 2.05) is 37.3 Å². The molecule has 0 aliphatic rings. The molecule has 22 heavy (non-hydrogen) atoms. The summed E-state index contributed by atoms with van der Waals surface area (Å²) in [6, 6.07) is 18.1. The van der Waals surface area contributed by atoms with Crippen LogP contribution in [0.25, 0.3) is 0 Å². The molecule has 0 saturated heterocycles. The first-order valence-electron chi connectivity index (χ1n) is 7.72. The zero-order valence-corrected chi connectivity index (χ0v) is 13.4. The van der Waals surface area contributed by atoms with Gasteiger partial charge in [-0.05, 0) is 44.6 Å². The van der Waals surface area contributed by atoms with E-state index in [2.05, 4.69) is 41.5 Å². The van der Waals surface area contributed by atoms with Crippen LogP contribution in [0.1, 0.15) is 27.9 Å². The van der Waals surface area contributed by atoms with Gasteiger partial charge in [-0.15, -0.1) is 0 Å². The molecule has 1 N–H and O–H groups in total. The normalized spacial score (nSPS) is 10.7. The lowest BCUT2D eigenvalue weighted by Crippen LogP contribution is -2.28. The Kier molecular flexibility index (Phi) is 6.16. The van der Waals surface area contributed by atoms with Crippen molar-refractivity contribution in [2.75, 3.05) is 20.1 Å². The fraction of sp³-hybridized carbons (Fsp3) is 0.316. The summed E-state index contributed by atoms with van der Waals surface area (Å²) in [4.78, 5) is 14.2. The van der Waals surface area contributed by atoms with Crippen LogP contribution in [0.3, 0.4) is 0 Å². The van der Waals surface area contributed by atoms with E-state index in [9.17, 15) is 4.79 Å². The van der Waals surface area contributed by atoms with E-state index in [1.165, 1.54) is 11.1 Å². The quantitative estimate of drug-likeness (QED) is 0.796. The maximum Gasteiger partial charge on any atom is 0.251 e. The minimum atomic E-state index is 0.00529. The van der Waals surface area contributed by atoms with Crippen LogP contribution < -0.4 is 5.32 Å². The zero-order chi connectivity index (χ0) is 15.8. The van der Waals surface area contributed by atoms with E-state index >= 15 is 0 Å². The second-order valence-corrected chi connectivity index (χ2v) is 5.70. The second kappa shape index (κ2) is 8.35. The molecule has 0 aliphatic carbocycles. The smallest absolute Gasteiger partial charge is 0.251 e. The Morgan fingerprint density at radius 3 is 2.41 bits per heavy atom. The Hall–Kier alpha value is -2.13. The monoisotopic (exact) mass is 296 g/mol. The minimum Gasteiger partial charge on any atom is -0.352 e. The third kappa shape index (κ3) is 5.34. The Morgan fingerprint density at radius 1 is 1.05 bits per heavy atom. The van der Waals surface area contributed by atoms with Gasteiger partial charge in [-0.3, -0.25) is 4.79 Å². The Balaban J connectivity index is 1.66. The lowest BCUT2D eigenvalue weighted by Gasteiger charge is -2.16. The largest absolute Gasteiger partial charge is 0.352 e. The summed E-state index contributed by atoms with van der Waals surface area (Å²) < 4.78 is 0. The van der Waals surface area contributed by atoms with Crippen LogP contribution >= 0.6 is 0 Å². The van der Waals surface area contributed by atoms with Crippen LogP contribution in [0, 0.1) is 6.92 Å². The van der Waals surface area contributed by atoms with Gasteiger partial charge in [0, 0.05) is 18.7 Å².